The van der Waals surface area contributed by atoms with E-state index in [0.29, 0.717) is 11.8 Å². The van der Waals surface area contributed by atoms with Crippen LogP contribution in [0.1, 0.15) is 30.9 Å². The molecule has 0 unspecified atom stereocenters. The van der Waals surface area contributed by atoms with Gasteiger partial charge in [-0.3, -0.25) is 0 Å². The molecule has 16 heavy (non-hydrogen) atoms. The number of benzene rings is 1. The fourth-order valence-corrected chi connectivity index (χ4v) is 1.72. The molecule has 0 spiro atoms. The van der Waals surface area contributed by atoms with Gasteiger partial charge in [0.25, 0.3) is 0 Å². The molecule has 0 aliphatic carbocycles. The van der Waals surface area contributed by atoms with Crippen molar-refractivity contribution < 1.29 is 0 Å². The zero-order valence-electron chi connectivity index (χ0n) is 9.52. The second-order valence-electron chi connectivity index (χ2n) is 4.17. The van der Waals surface area contributed by atoms with Gasteiger partial charge in [0.15, 0.2) is 0 Å². The SMILES string of the molecule is CC(C)c1ccc(-n2cc(CCl)cn2)cc1. The number of aromatic nitrogens is 2. The highest BCUT2D eigenvalue weighted by atomic mass is 35.5. The van der Waals surface area contributed by atoms with Crippen LogP contribution in [0.25, 0.3) is 5.69 Å². The van der Waals surface area contributed by atoms with Crippen molar-refractivity contribution >= 4 is 11.6 Å². The summed E-state index contributed by atoms with van der Waals surface area (Å²) in [5, 5.41) is 4.26. The molecule has 3 heteroatoms. The van der Waals surface area contributed by atoms with Crippen molar-refractivity contribution in [1.29, 1.82) is 0 Å². The van der Waals surface area contributed by atoms with E-state index in [1.54, 1.807) is 6.20 Å². The molecule has 84 valence electrons. The van der Waals surface area contributed by atoms with E-state index >= 15 is 0 Å². The van der Waals surface area contributed by atoms with Gasteiger partial charge in [0.1, 0.15) is 0 Å². The van der Waals surface area contributed by atoms with Crippen LogP contribution in [0.5, 0.6) is 0 Å². The van der Waals surface area contributed by atoms with E-state index in [9.17, 15) is 0 Å². The number of rotatable bonds is 3. The lowest BCUT2D eigenvalue weighted by Crippen LogP contribution is -1.95. The summed E-state index contributed by atoms with van der Waals surface area (Å²) in [6, 6.07) is 8.45. The first kappa shape index (κ1) is 11.2. The molecule has 0 atom stereocenters. The molecule has 0 radical (unpaired) electrons. The van der Waals surface area contributed by atoms with Crippen molar-refractivity contribution in [3.8, 4) is 5.69 Å². The molecule has 2 aromatic rings. The molecule has 2 rings (SSSR count). The van der Waals surface area contributed by atoms with Crippen LogP contribution < -0.4 is 0 Å². The smallest absolute Gasteiger partial charge is 0.0645 e. The predicted octanol–water partition coefficient (Wildman–Crippen LogP) is 3.73. The van der Waals surface area contributed by atoms with Crippen LogP contribution in [-0.2, 0) is 5.88 Å². The third kappa shape index (κ3) is 2.27. The number of nitrogens with zero attached hydrogens (tertiary/aromatic N) is 2. The molecular weight excluding hydrogens is 220 g/mol. The first-order chi connectivity index (χ1) is 7.70. The molecule has 1 aromatic heterocycles. The second-order valence-corrected chi connectivity index (χ2v) is 4.44. The normalized spacial score (nSPS) is 11.0. The summed E-state index contributed by atoms with van der Waals surface area (Å²) in [5.41, 5.74) is 3.45. The van der Waals surface area contributed by atoms with E-state index in [1.165, 1.54) is 5.56 Å². The number of hydrogen-bond acceptors (Lipinski definition) is 1. The highest BCUT2D eigenvalue weighted by Gasteiger charge is 2.02. The maximum absolute atomic E-state index is 5.74. The largest absolute Gasteiger partial charge is 0.241 e. The molecule has 0 N–H and O–H groups in total. The molecule has 1 heterocycles. The van der Waals surface area contributed by atoms with E-state index in [1.807, 2.05) is 10.9 Å². The molecule has 0 fully saturated rings. The fraction of sp³-hybridized carbons (Fsp3) is 0.308. The summed E-state index contributed by atoms with van der Waals surface area (Å²) in [6.07, 6.45) is 3.75. The predicted molar refractivity (Wildman–Crippen MR) is 67.2 cm³/mol. The zero-order valence-corrected chi connectivity index (χ0v) is 10.3. The third-order valence-electron chi connectivity index (χ3n) is 2.61. The maximum atomic E-state index is 5.74. The van der Waals surface area contributed by atoms with Gasteiger partial charge in [-0.25, -0.2) is 4.68 Å². The topological polar surface area (TPSA) is 17.8 Å². The average Bonchev–Trinajstić information content (AvgIpc) is 2.77. The quantitative estimate of drug-likeness (QED) is 0.740. The highest BCUT2D eigenvalue weighted by Crippen LogP contribution is 2.17. The molecule has 0 aliphatic heterocycles. The van der Waals surface area contributed by atoms with Crippen LogP contribution in [0, 0.1) is 0 Å². The highest BCUT2D eigenvalue weighted by molar-refractivity contribution is 6.17. The second kappa shape index (κ2) is 4.71. The lowest BCUT2D eigenvalue weighted by atomic mass is 10.0. The van der Waals surface area contributed by atoms with E-state index in [0.717, 1.165) is 11.3 Å². The Bertz CT molecular complexity index is 457. The zero-order chi connectivity index (χ0) is 11.5. The van der Waals surface area contributed by atoms with Crippen molar-refractivity contribution in [2.24, 2.45) is 0 Å². The van der Waals surface area contributed by atoms with E-state index in [2.05, 4.69) is 43.2 Å². The molecular formula is C13H15ClN2. The van der Waals surface area contributed by atoms with Crippen LogP contribution in [0.3, 0.4) is 0 Å². The minimum absolute atomic E-state index is 0.504. The van der Waals surface area contributed by atoms with Gasteiger partial charge in [-0.15, -0.1) is 11.6 Å². The Balaban J connectivity index is 2.27. The van der Waals surface area contributed by atoms with E-state index in [4.69, 9.17) is 11.6 Å². The molecule has 1 aromatic carbocycles. The summed E-state index contributed by atoms with van der Waals surface area (Å²) in [5.74, 6) is 1.06. The lowest BCUT2D eigenvalue weighted by molar-refractivity contribution is 0.853. The van der Waals surface area contributed by atoms with Gasteiger partial charge in [-0.2, -0.15) is 5.10 Å². The fourth-order valence-electron chi connectivity index (χ4n) is 1.58. The third-order valence-corrected chi connectivity index (χ3v) is 2.92. The summed E-state index contributed by atoms with van der Waals surface area (Å²) in [4.78, 5) is 0. The first-order valence-corrected chi connectivity index (χ1v) is 5.94. The standard InChI is InChI=1S/C13H15ClN2/c1-10(2)12-3-5-13(6-4-12)16-9-11(7-14)8-15-16/h3-6,8-10H,7H2,1-2H3. The Hall–Kier alpha value is -1.28. The van der Waals surface area contributed by atoms with Gasteiger partial charge < -0.3 is 0 Å². The van der Waals surface area contributed by atoms with Gasteiger partial charge in [0.2, 0.25) is 0 Å². The summed E-state index contributed by atoms with van der Waals surface area (Å²) < 4.78 is 1.85. The van der Waals surface area contributed by atoms with Gasteiger partial charge in [0, 0.05) is 11.8 Å². The Morgan fingerprint density at radius 3 is 2.44 bits per heavy atom. The molecule has 0 bridgehead atoms. The Kier molecular flexibility index (Phi) is 3.30. The molecule has 0 saturated carbocycles. The van der Waals surface area contributed by atoms with Crippen LogP contribution in [0.15, 0.2) is 36.7 Å². The molecule has 0 saturated heterocycles. The maximum Gasteiger partial charge on any atom is 0.0645 e. The van der Waals surface area contributed by atoms with Crippen molar-refractivity contribution in [3.05, 3.63) is 47.8 Å². The average molecular weight is 235 g/mol. The van der Waals surface area contributed by atoms with Crippen molar-refractivity contribution in [2.45, 2.75) is 25.6 Å². The number of alkyl halides is 1. The lowest BCUT2D eigenvalue weighted by Gasteiger charge is -2.06. The number of halogens is 1. The monoisotopic (exact) mass is 234 g/mol. The molecule has 0 aliphatic rings. The van der Waals surface area contributed by atoms with Crippen molar-refractivity contribution in [1.82, 2.24) is 9.78 Å². The van der Waals surface area contributed by atoms with Crippen molar-refractivity contribution in [2.75, 3.05) is 0 Å². The summed E-state index contributed by atoms with van der Waals surface area (Å²) in [7, 11) is 0. The first-order valence-electron chi connectivity index (χ1n) is 5.40. The Morgan fingerprint density at radius 2 is 1.94 bits per heavy atom. The van der Waals surface area contributed by atoms with Crippen LogP contribution >= 0.6 is 11.6 Å². The van der Waals surface area contributed by atoms with Gasteiger partial charge in [-0.1, -0.05) is 26.0 Å². The Morgan fingerprint density at radius 1 is 1.25 bits per heavy atom. The van der Waals surface area contributed by atoms with Crippen LogP contribution in [-0.4, -0.2) is 9.78 Å². The van der Waals surface area contributed by atoms with E-state index in [-0.39, 0.29) is 0 Å². The van der Waals surface area contributed by atoms with Crippen LogP contribution in [0.2, 0.25) is 0 Å². The van der Waals surface area contributed by atoms with Gasteiger partial charge in [-0.05, 0) is 23.6 Å². The van der Waals surface area contributed by atoms with Crippen LogP contribution in [0.4, 0.5) is 0 Å². The van der Waals surface area contributed by atoms with Gasteiger partial charge >= 0.3 is 0 Å². The summed E-state index contributed by atoms with van der Waals surface area (Å²) in [6.45, 7) is 4.38. The minimum Gasteiger partial charge on any atom is -0.241 e. The summed E-state index contributed by atoms with van der Waals surface area (Å²) >= 11 is 5.74. The molecule has 2 nitrogen and oxygen atoms in total. The Labute approximate surface area is 101 Å². The van der Waals surface area contributed by atoms with Gasteiger partial charge in [0.05, 0.1) is 17.8 Å². The number of hydrogen-bond donors (Lipinski definition) is 0. The minimum atomic E-state index is 0.504. The molecule has 0 amide bonds. The van der Waals surface area contributed by atoms with E-state index < -0.39 is 0 Å². The van der Waals surface area contributed by atoms with Crippen molar-refractivity contribution in [3.63, 3.8) is 0 Å².